The summed E-state index contributed by atoms with van der Waals surface area (Å²) >= 11 is 0. The lowest BCUT2D eigenvalue weighted by Crippen LogP contribution is -2.17. The van der Waals surface area contributed by atoms with Crippen LogP contribution in [0.5, 0.6) is 0 Å². The first-order valence-corrected chi connectivity index (χ1v) is 9.62. The number of benzene rings is 1. The zero-order valence-corrected chi connectivity index (χ0v) is 17.5. The van der Waals surface area contributed by atoms with Crippen LogP contribution in [0.25, 0.3) is 0 Å². The average molecular weight is 414 g/mol. The van der Waals surface area contributed by atoms with Crippen LogP contribution in [0.2, 0.25) is 0 Å². The molecule has 1 aromatic heterocycles. The molecule has 30 heavy (non-hydrogen) atoms. The number of hydrogen-bond donors (Lipinski definition) is 2. The van der Waals surface area contributed by atoms with Gasteiger partial charge in [0, 0.05) is 18.2 Å². The minimum atomic E-state index is -0.425. The Morgan fingerprint density at radius 3 is 2.17 bits per heavy atom. The van der Waals surface area contributed by atoms with Crippen LogP contribution in [0.3, 0.4) is 0 Å². The van der Waals surface area contributed by atoms with Crippen molar-refractivity contribution in [2.75, 3.05) is 10.6 Å². The summed E-state index contributed by atoms with van der Waals surface area (Å²) in [6, 6.07) is 8.29. The van der Waals surface area contributed by atoms with Gasteiger partial charge < -0.3 is 20.1 Å². The number of ether oxygens (including phenoxy) is 2. The third kappa shape index (κ3) is 7.86. The number of hydrogen-bond acceptors (Lipinski definition) is 8. The summed E-state index contributed by atoms with van der Waals surface area (Å²) in [7, 11) is 0. The maximum Gasteiger partial charge on any atom is 0.338 e. The van der Waals surface area contributed by atoms with Gasteiger partial charge in [-0.2, -0.15) is 0 Å². The largest absolute Gasteiger partial charge is 0.463 e. The normalized spacial score (nSPS) is 10.6. The molecule has 9 heteroatoms. The summed E-state index contributed by atoms with van der Waals surface area (Å²) in [6.45, 7) is 7.07. The van der Waals surface area contributed by atoms with E-state index in [0.29, 0.717) is 22.9 Å². The van der Waals surface area contributed by atoms with E-state index in [-0.39, 0.29) is 36.9 Å². The van der Waals surface area contributed by atoms with Crippen LogP contribution in [-0.2, 0) is 19.1 Å². The predicted molar refractivity (Wildman–Crippen MR) is 111 cm³/mol. The summed E-state index contributed by atoms with van der Waals surface area (Å²) < 4.78 is 10.1. The highest BCUT2D eigenvalue weighted by atomic mass is 16.5. The molecule has 9 nitrogen and oxygen atoms in total. The Labute approximate surface area is 175 Å². The first-order chi connectivity index (χ1) is 14.2. The van der Waals surface area contributed by atoms with Crippen LogP contribution < -0.4 is 10.6 Å². The third-order valence-electron chi connectivity index (χ3n) is 3.59. The van der Waals surface area contributed by atoms with Crippen LogP contribution >= 0.6 is 0 Å². The van der Waals surface area contributed by atoms with Crippen LogP contribution in [0.4, 0.5) is 17.3 Å². The van der Waals surface area contributed by atoms with E-state index in [9.17, 15) is 14.4 Å². The van der Waals surface area contributed by atoms with Crippen molar-refractivity contribution < 1.29 is 23.9 Å². The number of aromatic nitrogens is 2. The molecular weight excluding hydrogens is 388 g/mol. The fourth-order valence-corrected chi connectivity index (χ4v) is 2.36. The number of amides is 1. The van der Waals surface area contributed by atoms with Gasteiger partial charge in [0.2, 0.25) is 5.91 Å². The Bertz CT molecular complexity index is 881. The van der Waals surface area contributed by atoms with E-state index < -0.39 is 5.97 Å². The Morgan fingerprint density at radius 2 is 1.53 bits per heavy atom. The molecule has 1 amide bonds. The zero-order chi connectivity index (χ0) is 22.1. The molecule has 1 heterocycles. The number of esters is 2. The standard InChI is InChI=1S/C21H26N4O5/c1-13(2)29-20(27)10-9-19(26)25-18-11-17(22-12-23-18)24-16-7-5-15(6-8-16)21(28)30-14(3)4/h5-8,11-14H,9-10H2,1-4H3,(H2,22,23,24,25,26). The minimum absolute atomic E-state index is 0.00768. The number of carbonyl (C=O) groups is 3. The lowest BCUT2D eigenvalue weighted by atomic mass is 10.2. The number of carbonyl (C=O) groups excluding carboxylic acids is 3. The molecule has 160 valence electrons. The maximum atomic E-state index is 12.0. The number of rotatable bonds is 9. The second-order valence-electron chi connectivity index (χ2n) is 7.03. The molecule has 2 aromatic rings. The van der Waals surface area contributed by atoms with Crippen LogP contribution in [-0.4, -0.2) is 40.0 Å². The van der Waals surface area contributed by atoms with E-state index >= 15 is 0 Å². The summed E-state index contributed by atoms with van der Waals surface area (Å²) in [4.78, 5) is 43.5. The third-order valence-corrected chi connectivity index (χ3v) is 3.59. The van der Waals surface area contributed by atoms with Gasteiger partial charge in [0.05, 0.1) is 24.2 Å². The van der Waals surface area contributed by atoms with Gasteiger partial charge in [-0.1, -0.05) is 0 Å². The monoisotopic (exact) mass is 414 g/mol. The van der Waals surface area contributed by atoms with Crippen molar-refractivity contribution in [2.24, 2.45) is 0 Å². The first kappa shape index (κ1) is 22.8. The smallest absolute Gasteiger partial charge is 0.338 e. The first-order valence-electron chi connectivity index (χ1n) is 9.62. The van der Waals surface area contributed by atoms with Gasteiger partial charge in [-0.25, -0.2) is 14.8 Å². The molecule has 0 aliphatic rings. The molecule has 0 bridgehead atoms. The molecule has 0 radical (unpaired) electrons. The minimum Gasteiger partial charge on any atom is -0.463 e. The van der Waals surface area contributed by atoms with Crippen molar-refractivity contribution in [2.45, 2.75) is 52.7 Å². The molecular formula is C21H26N4O5. The summed E-state index contributed by atoms with van der Waals surface area (Å²) in [5.74, 6) is -0.413. The van der Waals surface area contributed by atoms with Gasteiger partial charge in [0.1, 0.15) is 18.0 Å². The van der Waals surface area contributed by atoms with Crippen molar-refractivity contribution in [1.82, 2.24) is 9.97 Å². The SMILES string of the molecule is CC(C)OC(=O)CCC(=O)Nc1cc(Nc2ccc(C(=O)OC(C)C)cc2)ncn1. The average Bonchev–Trinajstić information content (AvgIpc) is 2.66. The fraction of sp³-hybridized carbons (Fsp3) is 0.381. The molecule has 0 saturated carbocycles. The van der Waals surface area contributed by atoms with Gasteiger partial charge in [0.25, 0.3) is 0 Å². The van der Waals surface area contributed by atoms with Crippen LogP contribution in [0.1, 0.15) is 50.9 Å². The molecule has 2 N–H and O–H groups in total. The van der Waals surface area contributed by atoms with Crippen molar-refractivity contribution in [3.05, 3.63) is 42.2 Å². The number of nitrogens with one attached hydrogen (secondary N) is 2. The number of nitrogens with zero attached hydrogens (tertiary/aromatic N) is 2. The second-order valence-corrected chi connectivity index (χ2v) is 7.03. The molecule has 0 saturated heterocycles. The lowest BCUT2D eigenvalue weighted by molar-refractivity contribution is -0.148. The summed E-state index contributed by atoms with van der Waals surface area (Å²) in [5.41, 5.74) is 1.14. The van der Waals surface area contributed by atoms with E-state index in [0.717, 1.165) is 0 Å². The van der Waals surface area contributed by atoms with Gasteiger partial charge in [-0.3, -0.25) is 9.59 Å². The Balaban J connectivity index is 1.91. The van der Waals surface area contributed by atoms with Crippen molar-refractivity contribution in [1.29, 1.82) is 0 Å². The molecule has 2 rings (SSSR count). The molecule has 1 aromatic carbocycles. The second kappa shape index (κ2) is 10.9. The van der Waals surface area contributed by atoms with Gasteiger partial charge in [0.15, 0.2) is 0 Å². The summed E-state index contributed by atoms with van der Waals surface area (Å²) in [5, 5.41) is 5.69. The van der Waals surface area contributed by atoms with Gasteiger partial charge in [-0.15, -0.1) is 0 Å². The topological polar surface area (TPSA) is 120 Å². The Morgan fingerprint density at radius 1 is 0.900 bits per heavy atom. The van der Waals surface area contributed by atoms with Crippen molar-refractivity contribution >= 4 is 35.2 Å². The molecule has 0 aliphatic heterocycles. The fourth-order valence-electron chi connectivity index (χ4n) is 2.36. The van der Waals surface area contributed by atoms with Crippen molar-refractivity contribution in [3.8, 4) is 0 Å². The number of anilines is 3. The molecule has 0 atom stereocenters. The quantitative estimate of drug-likeness (QED) is 0.599. The van der Waals surface area contributed by atoms with Crippen LogP contribution in [0, 0.1) is 0 Å². The van der Waals surface area contributed by atoms with E-state index in [1.165, 1.54) is 6.33 Å². The zero-order valence-electron chi connectivity index (χ0n) is 17.5. The van der Waals surface area contributed by atoms with Gasteiger partial charge >= 0.3 is 11.9 Å². The van der Waals surface area contributed by atoms with Crippen molar-refractivity contribution in [3.63, 3.8) is 0 Å². The molecule has 0 fully saturated rings. The van der Waals surface area contributed by atoms with E-state index in [2.05, 4.69) is 20.6 Å². The van der Waals surface area contributed by atoms with E-state index in [1.54, 1.807) is 58.0 Å². The molecule has 0 aliphatic carbocycles. The van der Waals surface area contributed by atoms with E-state index in [1.807, 2.05) is 0 Å². The molecule has 0 spiro atoms. The van der Waals surface area contributed by atoms with Crippen LogP contribution in [0.15, 0.2) is 36.7 Å². The molecule has 0 unspecified atom stereocenters. The maximum absolute atomic E-state index is 12.0. The Hall–Kier alpha value is -3.49. The Kier molecular flexibility index (Phi) is 8.28. The van der Waals surface area contributed by atoms with E-state index in [4.69, 9.17) is 9.47 Å². The van der Waals surface area contributed by atoms with Gasteiger partial charge in [-0.05, 0) is 52.0 Å². The highest BCUT2D eigenvalue weighted by Gasteiger charge is 2.11. The predicted octanol–water partition coefficient (Wildman–Crippen LogP) is 3.46. The lowest BCUT2D eigenvalue weighted by Gasteiger charge is -2.10. The highest BCUT2D eigenvalue weighted by molar-refractivity contribution is 5.92. The summed E-state index contributed by atoms with van der Waals surface area (Å²) in [6.07, 6.45) is 0.883. The highest BCUT2D eigenvalue weighted by Crippen LogP contribution is 2.18.